The number of benzene rings is 1. The third-order valence-corrected chi connectivity index (χ3v) is 15.1. The minimum absolute atomic E-state index is 0.0206. The first-order chi connectivity index (χ1) is 27.3. The number of thiazole rings is 1. The van der Waals surface area contributed by atoms with Gasteiger partial charge < -0.3 is 20.6 Å². The van der Waals surface area contributed by atoms with Gasteiger partial charge in [0.15, 0.2) is 5.13 Å². The van der Waals surface area contributed by atoms with Gasteiger partial charge in [0.1, 0.15) is 17.6 Å². The molecule has 0 radical (unpaired) electrons. The number of sulfonamides is 1. The van der Waals surface area contributed by atoms with Gasteiger partial charge in [-0.3, -0.25) is 24.0 Å². The average molecular weight is 840 g/mol. The van der Waals surface area contributed by atoms with Crippen LogP contribution in [0.4, 0.5) is 14.3 Å². The summed E-state index contributed by atoms with van der Waals surface area (Å²) in [5.74, 6) is -3.70. The Hall–Kier alpha value is -4.61. The lowest BCUT2D eigenvalue weighted by molar-refractivity contribution is -0.141. The molecular weight excluding hydrogens is 797 g/mol. The quantitative estimate of drug-likeness (QED) is 0.134. The van der Waals surface area contributed by atoms with Gasteiger partial charge in [0.2, 0.25) is 27.8 Å². The number of nitrogens with one attached hydrogen (secondary N) is 3. The molecule has 6 atom stereocenters. The second kappa shape index (κ2) is 15.3. The zero-order chi connectivity index (χ0) is 40.2. The van der Waals surface area contributed by atoms with Gasteiger partial charge in [0.05, 0.1) is 23.5 Å². The second-order valence-corrected chi connectivity index (χ2v) is 19.0. The Kier molecular flexibility index (Phi) is 10.5. The number of carboxylic acid groups (broad SMARTS) is 1. The van der Waals surface area contributed by atoms with E-state index in [0.717, 1.165) is 32.1 Å². The maximum absolute atomic E-state index is 15.1. The van der Waals surface area contributed by atoms with Crippen molar-refractivity contribution in [3.8, 4) is 11.3 Å². The van der Waals surface area contributed by atoms with Crippen LogP contribution >= 0.6 is 22.9 Å². The predicted molar refractivity (Wildman–Crippen MR) is 210 cm³/mol. The standard InChI is InChI=1S/C39H43ClFN7O7S2/c1-2-24-16-39(24,36(51)46-57(54,55)25-12-13-25)45-34(49)30-15-23(33-26-9-6-10-28(40)27(26)19-48(33)38(52)53)18-47(30)35(50)32(21-7-4-3-5-8-21)44-37-43-29(20-56-37)22-11-14-31(41)42-17-22/h2,6,9-11,14,17,20-21,23-25,30,32-33H,1,3-5,7-8,12-13,15-16,18-19H2,(H,43,44)(H,45,49)(H,46,51)(H,52,53)/t23-,24-,30+,32+,33?,39-/m1/s1. The van der Waals surface area contributed by atoms with Crippen molar-refractivity contribution in [2.24, 2.45) is 17.8 Å². The number of rotatable bonds is 12. The lowest BCUT2D eigenvalue weighted by Gasteiger charge is -2.35. The fourth-order valence-electron chi connectivity index (χ4n) is 8.92. The highest BCUT2D eigenvalue weighted by molar-refractivity contribution is 7.91. The molecule has 14 nitrogen and oxygen atoms in total. The largest absolute Gasteiger partial charge is 0.465 e. The molecule has 3 saturated carbocycles. The van der Waals surface area contributed by atoms with Crippen molar-refractivity contribution >= 4 is 61.9 Å². The van der Waals surface area contributed by atoms with Crippen LogP contribution in [0.3, 0.4) is 0 Å². The molecule has 18 heteroatoms. The van der Waals surface area contributed by atoms with E-state index in [2.05, 4.69) is 26.9 Å². The van der Waals surface area contributed by atoms with Crippen LogP contribution in [-0.2, 0) is 31.0 Å². The highest BCUT2D eigenvalue weighted by Gasteiger charge is 2.62. The summed E-state index contributed by atoms with van der Waals surface area (Å²) in [4.78, 5) is 67.3. The lowest BCUT2D eigenvalue weighted by Crippen LogP contribution is -2.58. The summed E-state index contributed by atoms with van der Waals surface area (Å²) in [6.07, 6.45) is 7.12. The van der Waals surface area contributed by atoms with Gasteiger partial charge >= 0.3 is 6.09 Å². The number of fused-ring (bicyclic) bond motifs is 1. The van der Waals surface area contributed by atoms with Crippen LogP contribution in [-0.4, -0.2) is 86.5 Å². The van der Waals surface area contributed by atoms with Crippen molar-refractivity contribution in [3.05, 3.63) is 76.7 Å². The highest BCUT2D eigenvalue weighted by Crippen LogP contribution is 2.48. The molecule has 3 aliphatic carbocycles. The minimum atomic E-state index is -3.93. The van der Waals surface area contributed by atoms with Crippen LogP contribution < -0.4 is 15.4 Å². The van der Waals surface area contributed by atoms with Gasteiger partial charge in [-0.2, -0.15) is 4.39 Å². The zero-order valence-corrected chi connectivity index (χ0v) is 33.3. The topological polar surface area (TPSA) is 191 Å². The third kappa shape index (κ3) is 7.60. The number of carbonyl (C=O) groups is 4. The molecule has 4 heterocycles. The van der Waals surface area contributed by atoms with E-state index in [-0.39, 0.29) is 37.8 Å². The highest BCUT2D eigenvalue weighted by atomic mass is 35.5. The molecular formula is C39H43ClFN7O7S2. The third-order valence-electron chi connectivity index (χ3n) is 12.2. The molecule has 2 aliphatic heterocycles. The molecule has 4 N–H and O–H groups in total. The van der Waals surface area contributed by atoms with Gasteiger partial charge in [0.25, 0.3) is 5.91 Å². The van der Waals surface area contributed by atoms with Crippen LogP contribution in [0.25, 0.3) is 11.3 Å². The first-order valence-corrected chi connectivity index (χ1v) is 22.0. The van der Waals surface area contributed by atoms with E-state index in [1.165, 1.54) is 39.5 Å². The summed E-state index contributed by atoms with van der Waals surface area (Å²) in [6, 6.07) is 5.39. The van der Waals surface area contributed by atoms with Gasteiger partial charge in [-0.25, -0.2) is 23.2 Å². The van der Waals surface area contributed by atoms with Crippen LogP contribution in [0.2, 0.25) is 5.02 Å². The Labute approximate surface area is 338 Å². The van der Waals surface area contributed by atoms with Gasteiger partial charge in [-0.1, -0.05) is 49.1 Å². The predicted octanol–water partition coefficient (Wildman–Crippen LogP) is 5.48. The lowest BCUT2D eigenvalue weighted by atomic mass is 9.83. The fourth-order valence-corrected chi connectivity index (χ4v) is 11.3. The van der Waals surface area contributed by atoms with Crippen molar-refractivity contribution in [2.75, 3.05) is 11.9 Å². The molecule has 4 fully saturated rings. The first kappa shape index (κ1) is 39.2. The maximum atomic E-state index is 15.1. The molecule has 0 bridgehead atoms. The summed E-state index contributed by atoms with van der Waals surface area (Å²) in [5.41, 5.74) is 0.923. The minimum Gasteiger partial charge on any atom is -0.465 e. The van der Waals surface area contributed by atoms with Gasteiger partial charge in [0, 0.05) is 40.5 Å². The van der Waals surface area contributed by atoms with E-state index in [9.17, 15) is 32.3 Å². The monoisotopic (exact) mass is 839 g/mol. The summed E-state index contributed by atoms with van der Waals surface area (Å²) >= 11 is 7.84. The molecule has 2 aromatic heterocycles. The Bertz CT molecular complexity index is 2210. The Morgan fingerprint density at radius 3 is 2.53 bits per heavy atom. The summed E-state index contributed by atoms with van der Waals surface area (Å²) < 4.78 is 41.4. The fraction of sp³-hybridized carbons (Fsp3) is 0.487. The molecule has 1 aromatic carbocycles. The van der Waals surface area contributed by atoms with Crippen molar-refractivity contribution in [1.29, 1.82) is 0 Å². The van der Waals surface area contributed by atoms with E-state index >= 15 is 4.79 Å². The Balaban J connectivity index is 1.12. The van der Waals surface area contributed by atoms with Crippen LogP contribution in [0.5, 0.6) is 0 Å². The van der Waals surface area contributed by atoms with Gasteiger partial charge in [-0.05, 0) is 73.8 Å². The number of likely N-dealkylation sites (tertiary alicyclic amines) is 1. The number of halogens is 2. The van der Waals surface area contributed by atoms with Crippen LogP contribution in [0.1, 0.15) is 75.0 Å². The number of anilines is 1. The van der Waals surface area contributed by atoms with E-state index in [0.29, 0.717) is 45.4 Å². The van der Waals surface area contributed by atoms with E-state index < -0.39 is 74.6 Å². The Morgan fingerprint density at radius 2 is 1.86 bits per heavy atom. The summed E-state index contributed by atoms with van der Waals surface area (Å²) in [6.45, 7) is 3.86. The van der Waals surface area contributed by atoms with Crippen LogP contribution in [0.15, 0.2) is 54.6 Å². The molecule has 4 amide bonds. The molecule has 57 heavy (non-hydrogen) atoms. The van der Waals surface area contributed by atoms with Crippen molar-refractivity contribution in [3.63, 3.8) is 0 Å². The maximum Gasteiger partial charge on any atom is 0.408 e. The number of aromatic nitrogens is 2. The number of hydrogen-bond donors (Lipinski definition) is 4. The van der Waals surface area contributed by atoms with Crippen molar-refractivity contribution in [1.82, 2.24) is 29.8 Å². The number of hydrogen-bond acceptors (Lipinski definition) is 10. The van der Waals surface area contributed by atoms with E-state index in [4.69, 9.17) is 16.6 Å². The molecule has 8 rings (SSSR count). The van der Waals surface area contributed by atoms with Crippen molar-refractivity contribution in [2.45, 2.75) is 93.2 Å². The number of nitrogens with zero attached hydrogens (tertiary/aromatic N) is 4. The first-order valence-electron chi connectivity index (χ1n) is 19.2. The second-order valence-electron chi connectivity index (χ2n) is 15.8. The van der Waals surface area contributed by atoms with E-state index in [1.54, 1.807) is 23.6 Å². The van der Waals surface area contributed by atoms with E-state index in [1.807, 2.05) is 6.07 Å². The Morgan fingerprint density at radius 1 is 1.09 bits per heavy atom. The number of carbonyl (C=O) groups excluding carboxylic acids is 3. The smallest absolute Gasteiger partial charge is 0.408 e. The normalized spacial score (nSPS) is 26.4. The molecule has 5 aliphatic rings. The summed E-state index contributed by atoms with van der Waals surface area (Å²) in [7, 11) is -3.93. The van der Waals surface area contributed by atoms with Gasteiger partial charge in [-0.15, -0.1) is 17.9 Å². The number of pyridine rings is 1. The number of amides is 4. The van der Waals surface area contributed by atoms with Crippen molar-refractivity contribution < 1.29 is 37.1 Å². The molecule has 1 saturated heterocycles. The average Bonchev–Trinajstić information content (AvgIpc) is 4.01. The molecule has 1 unspecified atom stereocenters. The SMILES string of the molecule is C=C[C@@H]1C[C@]1(NC(=O)[C@@H]1C[C@@H](C2c3cccc(Cl)c3CN2C(=O)O)CN1C(=O)[C@@H](Nc1nc(-c2ccc(F)nc2)cs1)C1CCCCC1)C(=O)NS(=O)(=O)C1CC1. The molecule has 3 aromatic rings. The molecule has 302 valence electrons. The zero-order valence-electron chi connectivity index (χ0n) is 30.9. The van der Waals surface area contributed by atoms with Crippen LogP contribution in [0, 0.1) is 23.7 Å². The molecule has 0 spiro atoms. The summed E-state index contributed by atoms with van der Waals surface area (Å²) in [5, 5.41) is 18.6.